The van der Waals surface area contributed by atoms with Gasteiger partial charge in [0, 0.05) is 28.8 Å². The number of nitrogens with two attached hydrogens (primary N) is 2. The number of benzene rings is 3. The molecular weight excluding hydrogens is 342 g/mol. The molecule has 0 aliphatic rings. The third kappa shape index (κ3) is 4.60. The summed E-state index contributed by atoms with van der Waals surface area (Å²) in [5, 5.41) is 19.8. The zero-order valence-corrected chi connectivity index (χ0v) is 14.6. The van der Waals surface area contributed by atoms with Gasteiger partial charge in [0.15, 0.2) is 0 Å². The molecule has 0 saturated carbocycles. The summed E-state index contributed by atoms with van der Waals surface area (Å²) in [6.07, 6.45) is 0.755. The molecule has 0 aliphatic carbocycles. The molecule has 0 bridgehead atoms. The van der Waals surface area contributed by atoms with Crippen molar-refractivity contribution in [3.05, 3.63) is 60.7 Å². The number of phenols is 1. The molecule has 0 spiro atoms. The van der Waals surface area contributed by atoms with E-state index in [-0.39, 0.29) is 12.3 Å². The number of hydrogen-bond donors (Lipinski definition) is 6. The number of anilines is 7. The molecule has 7 heteroatoms. The smallest absolute Gasteiger partial charge is 0.141 e. The van der Waals surface area contributed by atoms with Crippen LogP contribution in [0.25, 0.3) is 0 Å². The number of nitrogens with one attached hydrogen (secondary N) is 3. The Morgan fingerprint density at radius 2 is 1.30 bits per heavy atom. The van der Waals surface area contributed by atoms with E-state index >= 15 is 0 Å². The average molecular weight is 363 g/mol. The molecule has 0 aliphatic heterocycles. The number of hydrogen-bond acceptors (Lipinski definition) is 7. The molecule has 0 atom stereocenters. The van der Waals surface area contributed by atoms with E-state index in [0.29, 0.717) is 28.4 Å². The highest BCUT2D eigenvalue weighted by atomic mass is 16.3. The number of carbonyl (C=O) groups excluding carboxylic acids is 1. The molecule has 0 unspecified atom stereocenters. The number of rotatable bonds is 7. The van der Waals surface area contributed by atoms with Crippen molar-refractivity contribution in [2.45, 2.75) is 0 Å². The zero-order valence-electron chi connectivity index (χ0n) is 14.6. The quantitative estimate of drug-likeness (QED) is 0.164. The predicted octanol–water partition coefficient (Wildman–Crippen LogP) is 3.65. The van der Waals surface area contributed by atoms with Gasteiger partial charge in [-0.1, -0.05) is 0 Å². The number of nitrogen functional groups attached to an aromatic ring is 2. The summed E-state index contributed by atoms with van der Waals surface area (Å²) in [6.45, 7) is 0.126. The van der Waals surface area contributed by atoms with E-state index in [4.69, 9.17) is 11.5 Å². The van der Waals surface area contributed by atoms with Gasteiger partial charge in [0.25, 0.3) is 0 Å². The first-order valence-electron chi connectivity index (χ1n) is 8.35. The maximum atomic E-state index is 10.7. The van der Waals surface area contributed by atoms with Crippen molar-refractivity contribution in [3.63, 3.8) is 0 Å². The summed E-state index contributed by atoms with van der Waals surface area (Å²) in [4.78, 5) is 10.7. The zero-order chi connectivity index (χ0) is 19.2. The van der Waals surface area contributed by atoms with Crippen molar-refractivity contribution in [2.24, 2.45) is 0 Å². The topological polar surface area (TPSA) is 125 Å². The summed E-state index contributed by atoms with van der Waals surface area (Å²) in [5.74, 6) is 0.0445. The molecule has 8 N–H and O–H groups in total. The Kier molecular flexibility index (Phi) is 5.32. The van der Waals surface area contributed by atoms with Crippen molar-refractivity contribution >= 4 is 46.1 Å². The Morgan fingerprint density at radius 3 is 1.81 bits per heavy atom. The number of aromatic hydroxyl groups is 1. The second kappa shape index (κ2) is 8.01. The van der Waals surface area contributed by atoms with Crippen molar-refractivity contribution in [1.29, 1.82) is 0 Å². The van der Waals surface area contributed by atoms with E-state index in [0.717, 1.165) is 17.7 Å². The van der Waals surface area contributed by atoms with E-state index in [2.05, 4.69) is 16.0 Å². The van der Waals surface area contributed by atoms with Crippen LogP contribution >= 0.6 is 0 Å². The molecule has 27 heavy (non-hydrogen) atoms. The van der Waals surface area contributed by atoms with Crippen LogP contribution in [-0.4, -0.2) is 17.9 Å². The van der Waals surface area contributed by atoms with Crippen LogP contribution in [0, 0.1) is 0 Å². The van der Waals surface area contributed by atoms with Gasteiger partial charge in [0.2, 0.25) is 0 Å². The molecule has 0 saturated heterocycles. The SMILES string of the molecule is Nc1ccc(Nc2cc(Nc3ccc(N)cc3)c(NCC=O)cc2O)cc1. The highest BCUT2D eigenvalue weighted by molar-refractivity contribution is 5.84. The van der Waals surface area contributed by atoms with E-state index in [1.807, 2.05) is 24.3 Å². The van der Waals surface area contributed by atoms with E-state index < -0.39 is 0 Å². The van der Waals surface area contributed by atoms with Gasteiger partial charge in [-0.2, -0.15) is 0 Å². The maximum Gasteiger partial charge on any atom is 0.141 e. The van der Waals surface area contributed by atoms with Crippen LogP contribution in [-0.2, 0) is 4.79 Å². The average Bonchev–Trinajstić information content (AvgIpc) is 2.66. The first kappa shape index (κ1) is 17.9. The summed E-state index contributed by atoms with van der Waals surface area (Å²) in [5.41, 5.74) is 16.2. The van der Waals surface area contributed by atoms with Crippen LogP contribution in [0.15, 0.2) is 60.7 Å². The molecule has 3 aromatic carbocycles. The van der Waals surface area contributed by atoms with Crippen LogP contribution in [0.4, 0.5) is 39.8 Å². The van der Waals surface area contributed by atoms with Gasteiger partial charge in [0.1, 0.15) is 12.0 Å². The molecule has 138 valence electrons. The van der Waals surface area contributed by atoms with Gasteiger partial charge >= 0.3 is 0 Å². The predicted molar refractivity (Wildman–Crippen MR) is 111 cm³/mol. The first-order chi connectivity index (χ1) is 13.0. The Balaban J connectivity index is 1.93. The van der Waals surface area contributed by atoms with E-state index in [9.17, 15) is 9.90 Å². The molecule has 7 nitrogen and oxygen atoms in total. The minimum atomic E-state index is 0.0445. The minimum Gasteiger partial charge on any atom is -0.506 e. The van der Waals surface area contributed by atoms with Crippen molar-refractivity contribution in [3.8, 4) is 5.75 Å². The van der Waals surface area contributed by atoms with Crippen LogP contribution in [0.1, 0.15) is 0 Å². The largest absolute Gasteiger partial charge is 0.506 e. The molecule has 0 heterocycles. The van der Waals surface area contributed by atoms with Crippen LogP contribution in [0.2, 0.25) is 0 Å². The molecule has 0 amide bonds. The van der Waals surface area contributed by atoms with Crippen molar-refractivity contribution in [2.75, 3.05) is 34.0 Å². The lowest BCUT2D eigenvalue weighted by Crippen LogP contribution is -2.06. The third-order valence-corrected chi connectivity index (χ3v) is 3.89. The fourth-order valence-corrected chi connectivity index (χ4v) is 2.53. The van der Waals surface area contributed by atoms with Gasteiger partial charge in [0.05, 0.1) is 23.6 Å². The fourth-order valence-electron chi connectivity index (χ4n) is 2.53. The van der Waals surface area contributed by atoms with E-state index in [1.165, 1.54) is 0 Å². The lowest BCUT2D eigenvalue weighted by molar-refractivity contribution is -0.106. The lowest BCUT2D eigenvalue weighted by Gasteiger charge is -2.17. The maximum absolute atomic E-state index is 10.7. The minimum absolute atomic E-state index is 0.0445. The first-order valence-corrected chi connectivity index (χ1v) is 8.35. The van der Waals surface area contributed by atoms with Gasteiger partial charge in [-0.25, -0.2) is 0 Å². The molecular formula is C20H21N5O2. The highest BCUT2D eigenvalue weighted by Gasteiger charge is 2.10. The monoisotopic (exact) mass is 363 g/mol. The Morgan fingerprint density at radius 1 is 0.778 bits per heavy atom. The second-order valence-electron chi connectivity index (χ2n) is 5.96. The molecule has 3 aromatic rings. The second-order valence-corrected chi connectivity index (χ2v) is 5.96. The number of phenolic OH excluding ortho intramolecular Hbond substituents is 1. The summed E-state index contributed by atoms with van der Waals surface area (Å²) in [6, 6.07) is 17.8. The summed E-state index contributed by atoms with van der Waals surface area (Å²) in [7, 11) is 0. The number of carbonyl (C=O) groups is 1. The Labute approximate surface area is 157 Å². The van der Waals surface area contributed by atoms with E-state index in [1.54, 1.807) is 36.4 Å². The number of aldehydes is 1. The Bertz CT molecular complexity index is 924. The summed E-state index contributed by atoms with van der Waals surface area (Å²) >= 11 is 0. The van der Waals surface area contributed by atoms with Crippen LogP contribution < -0.4 is 27.4 Å². The third-order valence-electron chi connectivity index (χ3n) is 3.89. The molecule has 0 aromatic heterocycles. The van der Waals surface area contributed by atoms with Gasteiger partial charge < -0.3 is 37.3 Å². The van der Waals surface area contributed by atoms with Crippen molar-refractivity contribution in [1.82, 2.24) is 0 Å². The van der Waals surface area contributed by atoms with Gasteiger partial charge in [-0.15, -0.1) is 0 Å². The molecule has 0 fully saturated rings. The highest BCUT2D eigenvalue weighted by Crippen LogP contribution is 2.37. The van der Waals surface area contributed by atoms with Crippen LogP contribution in [0.5, 0.6) is 5.75 Å². The van der Waals surface area contributed by atoms with Gasteiger partial charge in [-0.3, -0.25) is 0 Å². The lowest BCUT2D eigenvalue weighted by atomic mass is 10.2. The fraction of sp³-hybridized carbons (Fsp3) is 0.0500. The van der Waals surface area contributed by atoms with Crippen molar-refractivity contribution < 1.29 is 9.90 Å². The van der Waals surface area contributed by atoms with Crippen LogP contribution in [0.3, 0.4) is 0 Å². The molecule has 3 rings (SSSR count). The standard InChI is InChI=1S/C20H21N5O2/c21-13-1-5-15(6-2-13)24-18-11-19(20(27)12-17(18)23-9-10-26)25-16-7-3-14(22)4-8-16/h1-8,10-12,23-25,27H,9,21-22H2. The van der Waals surface area contributed by atoms with Gasteiger partial charge in [-0.05, 0) is 54.6 Å². The summed E-state index contributed by atoms with van der Waals surface area (Å²) < 4.78 is 0. The Hall–Kier alpha value is -3.87. The normalized spacial score (nSPS) is 10.2. The molecule has 0 radical (unpaired) electrons.